The van der Waals surface area contributed by atoms with Crippen LogP contribution in [-0.4, -0.2) is 61.0 Å². The van der Waals surface area contributed by atoms with E-state index in [-0.39, 0.29) is 6.04 Å². The molecule has 0 spiro atoms. The van der Waals surface area contributed by atoms with Crippen molar-refractivity contribution in [3.63, 3.8) is 0 Å². The Kier molecular flexibility index (Phi) is 4.92. The zero-order valence-electron chi connectivity index (χ0n) is 13.5. The molecule has 0 amide bonds. The number of morpholine rings is 1. The van der Waals surface area contributed by atoms with E-state index in [2.05, 4.69) is 26.7 Å². The van der Waals surface area contributed by atoms with Crippen LogP contribution in [0.25, 0.3) is 0 Å². The first-order valence-electron chi connectivity index (χ1n) is 8.17. The van der Waals surface area contributed by atoms with Gasteiger partial charge in [-0.15, -0.1) is 0 Å². The summed E-state index contributed by atoms with van der Waals surface area (Å²) in [6.07, 6.45) is 4.95. The van der Waals surface area contributed by atoms with Crippen LogP contribution in [0.15, 0.2) is 0 Å². The van der Waals surface area contributed by atoms with Gasteiger partial charge in [-0.3, -0.25) is 0 Å². The second kappa shape index (κ2) is 7.09. The van der Waals surface area contributed by atoms with Gasteiger partial charge in [0.25, 0.3) is 0 Å². The fourth-order valence-corrected chi connectivity index (χ4v) is 2.99. The van der Waals surface area contributed by atoms with Gasteiger partial charge in [-0.2, -0.15) is 15.0 Å². The third-order valence-corrected chi connectivity index (χ3v) is 4.29. The van der Waals surface area contributed by atoms with Crippen LogP contribution >= 0.6 is 0 Å². The second-order valence-corrected chi connectivity index (χ2v) is 5.94. The number of ether oxygens (including phenoxy) is 2. The maximum absolute atomic E-state index is 5.50. The Bertz CT molecular complexity index is 491. The molecule has 0 N–H and O–H groups in total. The highest BCUT2D eigenvalue weighted by Crippen LogP contribution is 2.22. The van der Waals surface area contributed by atoms with E-state index >= 15 is 0 Å². The Balaban J connectivity index is 1.88. The molecule has 122 valence electrons. The molecule has 3 rings (SSSR count). The Morgan fingerprint density at radius 2 is 1.73 bits per heavy atom. The van der Waals surface area contributed by atoms with Crippen molar-refractivity contribution in [3.05, 3.63) is 0 Å². The Labute approximate surface area is 131 Å². The van der Waals surface area contributed by atoms with Crippen LogP contribution in [0.4, 0.5) is 11.9 Å². The highest BCUT2D eigenvalue weighted by Gasteiger charge is 2.24. The van der Waals surface area contributed by atoms with E-state index in [1.54, 1.807) is 7.11 Å². The topological polar surface area (TPSA) is 63.6 Å². The van der Waals surface area contributed by atoms with Gasteiger partial charge < -0.3 is 19.3 Å². The van der Waals surface area contributed by atoms with Gasteiger partial charge in [0.1, 0.15) is 0 Å². The van der Waals surface area contributed by atoms with E-state index in [0.717, 1.165) is 25.6 Å². The molecule has 1 aromatic rings. The molecule has 0 bridgehead atoms. The van der Waals surface area contributed by atoms with Crippen LogP contribution < -0.4 is 14.5 Å². The summed E-state index contributed by atoms with van der Waals surface area (Å²) in [5.41, 5.74) is 0. The minimum absolute atomic E-state index is 0.262. The molecule has 2 aliphatic heterocycles. The standard InChI is InChI=1S/C15H25N5O2/c1-12-11-22-10-9-20(12)14-16-13(17-15(18-14)21-2)19-7-5-3-4-6-8-19/h12H,3-11H2,1-2H3. The molecule has 1 unspecified atom stereocenters. The molecular weight excluding hydrogens is 282 g/mol. The minimum Gasteiger partial charge on any atom is -0.467 e. The van der Waals surface area contributed by atoms with Crippen LogP contribution in [0.5, 0.6) is 6.01 Å². The van der Waals surface area contributed by atoms with E-state index in [1.165, 1.54) is 25.7 Å². The fourth-order valence-electron chi connectivity index (χ4n) is 2.99. The minimum atomic E-state index is 0.262. The summed E-state index contributed by atoms with van der Waals surface area (Å²) in [7, 11) is 1.61. The molecule has 1 atom stereocenters. The fraction of sp³-hybridized carbons (Fsp3) is 0.800. The van der Waals surface area contributed by atoms with Crippen molar-refractivity contribution in [2.24, 2.45) is 0 Å². The quantitative estimate of drug-likeness (QED) is 0.838. The maximum Gasteiger partial charge on any atom is 0.322 e. The molecular formula is C15H25N5O2. The first-order chi connectivity index (χ1) is 10.8. The molecule has 0 aliphatic carbocycles. The predicted molar refractivity (Wildman–Crippen MR) is 84.7 cm³/mol. The van der Waals surface area contributed by atoms with Gasteiger partial charge in [-0.05, 0) is 19.8 Å². The molecule has 0 aromatic carbocycles. The number of anilines is 2. The lowest BCUT2D eigenvalue weighted by molar-refractivity contribution is 0.0979. The van der Waals surface area contributed by atoms with E-state index in [0.29, 0.717) is 25.2 Å². The lowest BCUT2D eigenvalue weighted by Crippen LogP contribution is -2.45. The van der Waals surface area contributed by atoms with Gasteiger partial charge in [0, 0.05) is 19.6 Å². The predicted octanol–water partition coefficient (Wildman–Crippen LogP) is 1.49. The number of rotatable bonds is 3. The van der Waals surface area contributed by atoms with Gasteiger partial charge in [0.05, 0.1) is 26.4 Å². The summed E-state index contributed by atoms with van der Waals surface area (Å²) in [6.45, 7) is 6.34. The van der Waals surface area contributed by atoms with E-state index in [4.69, 9.17) is 14.5 Å². The van der Waals surface area contributed by atoms with Gasteiger partial charge >= 0.3 is 6.01 Å². The second-order valence-electron chi connectivity index (χ2n) is 5.94. The van der Waals surface area contributed by atoms with Crippen molar-refractivity contribution in [3.8, 4) is 6.01 Å². The zero-order valence-corrected chi connectivity index (χ0v) is 13.5. The van der Waals surface area contributed by atoms with E-state index in [9.17, 15) is 0 Å². The summed E-state index contributed by atoms with van der Waals surface area (Å²) in [6, 6.07) is 0.653. The highest BCUT2D eigenvalue weighted by molar-refractivity contribution is 5.41. The highest BCUT2D eigenvalue weighted by atomic mass is 16.5. The Morgan fingerprint density at radius 1 is 1.00 bits per heavy atom. The van der Waals surface area contributed by atoms with Crippen molar-refractivity contribution in [2.45, 2.75) is 38.6 Å². The van der Waals surface area contributed by atoms with Crippen molar-refractivity contribution in [2.75, 3.05) is 49.8 Å². The number of methoxy groups -OCH3 is 1. The van der Waals surface area contributed by atoms with Gasteiger partial charge in [0.2, 0.25) is 11.9 Å². The lowest BCUT2D eigenvalue weighted by atomic mass is 10.2. The molecule has 22 heavy (non-hydrogen) atoms. The molecule has 0 radical (unpaired) electrons. The molecule has 1 aromatic heterocycles. The van der Waals surface area contributed by atoms with Gasteiger partial charge in [0.15, 0.2) is 0 Å². The molecule has 2 aliphatic rings. The normalized spacial score (nSPS) is 23.3. The zero-order chi connectivity index (χ0) is 15.4. The first kappa shape index (κ1) is 15.3. The van der Waals surface area contributed by atoms with Crippen LogP contribution in [0, 0.1) is 0 Å². The number of nitrogens with zero attached hydrogens (tertiary/aromatic N) is 5. The SMILES string of the molecule is COc1nc(N2CCCCCC2)nc(N2CCOCC2C)n1. The van der Waals surface area contributed by atoms with Crippen molar-refractivity contribution >= 4 is 11.9 Å². The van der Waals surface area contributed by atoms with E-state index in [1.807, 2.05) is 0 Å². The largest absolute Gasteiger partial charge is 0.467 e. The third kappa shape index (κ3) is 3.40. The summed E-state index contributed by atoms with van der Waals surface area (Å²) < 4.78 is 10.8. The maximum atomic E-state index is 5.50. The molecule has 7 nitrogen and oxygen atoms in total. The number of hydrogen-bond acceptors (Lipinski definition) is 7. The van der Waals surface area contributed by atoms with Crippen LogP contribution in [-0.2, 0) is 4.74 Å². The molecule has 2 fully saturated rings. The monoisotopic (exact) mass is 307 g/mol. The first-order valence-corrected chi connectivity index (χ1v) is 8.17. The average molecular weight is 307 g/mol. The van der Waals surface area contributed by atoms with Gasteiger partial charge in [-0.25, -0.2) is 0 Å². The van der Waals surface area contributed by atoms with Gasteiger partial charge in [-0.1, -0.05) is 12.8 Å². The summed E-state index contributed by atoms with van der Waals surface area (Å²) in [5.74, 6) is 1.43. The summed E-state index contributed by atoms with van der Waals surface area (Å²) in [4.78, 5) is 18.1. The Morgan fingerprint density at radius 3 is 2.41 bits per heavy atom. The lowest BCUT2D eigenvalue weighted by Gasteiger charge is -2.33. The summed E-state index contributed by atoms with van der Waals surface area (Å²) in [5, 5.41) is 0. The average Bonchev–Trinajstić information content (AvgIpc) is 2.84. The third-order valence-electron chi connectivity index (χ3n) is 4.29. The van der Waals surface area contributed by atoms with Crippen molar-refractivity contribution < 1.29 is 9.47 Å². The molecule has 3 heterocycles. The molecule has 7 heteroatoms. The van der Waals surface area contributed by atoms with Crippen molar-refractivity contribution in [1.29, 1.82) is 0 Å². The van der Waals surface area contributed by atoms with E-state index < -0.39 is 0 Å². The summed E-state index contributed by atoms with van der Waals surface area (Å²) >= 11 is 0. The van der Waals surface area contributed by atoms with Crippen LogP contribution in [0.1, 0.15) is 32.6 Å². The van der Waals surface area contributed by atoms with Crippen molar-refractivity contribution in [1.82, 2.24) is 15.0 Å². The molecule has 2 saturated heterocycles. The van der Waals surface area contributed by atoms with Crippen LogP contribution in [0.3, 0.4) is 0 Å². The van der Waals surface area contributed by atoms with Crippen LogP contribution in [0.2, 0.25) is 0 Å². The molecule has 0 saturated carbocycles. The smallest absolute Gasteiger partial charge is 0.322 e. The Hall–Kier alpha value is -1.63. The number of aromatic nitrogens is 3. The number of hydrogen-bond donors (Lipinski definition) is 0.